The lowest BCUT2D eigenvalue weighted by Gasteiger charge is -2.25. The summed E-state index contributed by atoms with van der Waals surface area (Å²) >= 11 is 0. The molecule has 1 aliphatic heterocycles. The van der Waals surface area contributed by atoms with E-state index in [1.165, 1.54) is 6.08 Å². The number of rotatable bonds is 3. The van der Waals surface area contributed by atoms with Crippen molar-refractivity contribution in [1.29, 1.82) is 0 Å². The van der Waals surface area contributed by atoms with Crippen molar-refractivity contribution in [3.8, 4) is 0 Å². The highest BCUT2D eigenvalue weighted by Gasteiger charge is 2.47. The Labute approximate surface area is 90.7 Å². The molecular weight excluding hydrogens is 214 g/mol. The van der Waals surface area contributed by atoms with Crippen molar-refractivity contribution < 1.29 is 13.2 Å². The molecule has 1 fully saturated rings. The van der Waals surface area contributed by atoms with E-state index in [4.69, 9.17) is 0 Å². The number of amides is 1. The van der Waals surface area contributed by atoms with E-state index in [2.05, 4.69) is 11.9 Å². The summed E-state index contributed by atoms with van der Waals surface area (Å²) in [6, 6.07) is 0. The predicted molar refractivity (Wildman–Crippen MR) is 59.2 cm³/mol. The van der Waals surface area contributed by atoms with E-state index in [-0.39, 0.29) is 17.6 Å². The van der Waals surface area contributed by atoms with Crippen molar-refractivity contribution in [2.24, 2.45) is 5.92 Å². The van der Waals surface area contributed by atoms with Crippen LogP contribution in [0.15, 0.2) is 12.7 Å². The van der Waals surface area contributed by atoms with Crippen molar-refractivity contribution in [3.05, 3.63) is 12.7 Å². The van der Waals surface area contributed by atoms with E-state index in [0.29, 0.717) is 13.0 Å². The third-order valence-corrected chi connectivity index (χ3v) is 5.94. The van der Waals surface area contributed by atoms with Gasteiger partial charge in [0.15, 0.2) is 9.84 Å². The zero-order chi connectivity index (χ0) is 11.7. The molecule has 1 saturated heterocycles. The van der Waals surface area contributed by atoms with Gasteiger partial charge >= 0.3 is 0 Å². The number of carbonyl (C=O) groups is 1. The molecule has 1 atom stereocenters. The Morgan fingerprint density at radius 2 is 2.20 bits per heavy atom. The van der Waals surface area contributed by atoms with Crippen LogP contribution in [0.3, 0.4) is 0 Å². The third kappa shape index (κ3) is 2.22. The predicted octanol–water partition coefficient (Wildman–Crippen LogP) is 0.502. The molecule has 86 valence electrons. The molecule has 0 saturated carbocycles. The van der Waals surface area contributed by atoms with Crippen LogP contribution in [0.1, 0.15) is 20.3 Å². The molecule has 0 aliphatic carbocycles. The molecule has 1 rings (SSSR count). The van der Waals surface area contributed by atoms with Crippen LogP contribution < -0.4 is 5.32 Å². The molecule has 0 bridgehead atoms. The van der Waals surface area contributed by atoms with E-state index in [0.717, 1.165) is 0 Å². The maximum absolute atomic E-state index is 11.7. The van der Waals surface area contributed by atoms with Gasteiger partial charge in [-0.05, 0) is 32.3 Å². The van der Waals surface area contributed by atoms with E-state index in [1.807, 2.05) is 0 Å². The fourth-order valence-corrected chi connectivity index (χ4v) is 3.64. The maximum atomic E-state index is 11.7. The van der Waals surface area contributed by atoms with Crippen LogP contribution in [0.25, 0.3) is 0 Å². The number of sulfone groups is 1. The van der Waals surface area contributed by atoms with E-state index >= 15 is 0 Å². The molecule has 1 aliphatic rings. The van der Waals surface area contributed by atoms with E-state index < -0.39 is 14.6 Å². The Morgan fingerprint density at radius 1 is 1.60 bits per heavy atom. The fraction of sp³-hybridized carbons (Fsp3) is 0.700. The first kappa shape index (κ1) is 12.2. The molecule has 0 spiro atoms. The Hall–Kier alpha value is -0.840. The van der Waals surface area contributed by atoms with Crippen LogP contribution in [0.5, 0.6) is 0 Å². The summed E-state index contributed by atoms with van der Waals surface area (Å²) in [5.74, 6) is -0.0456. The van der Waals surface area contributed by atoms with Crippen LogP contribution in [0.4, 0.5) is 0 Å². The standard InChI is InChI=1S/C10H17NO3S/c1-4-9(12)11-7-8-5-6-15(13,14)10(8,2)3/h4,8H,1,5-7H2,2-3H3,(H,11,12). The lowest BCUT2D eigenvalue weighted by Crippen LogP contribution is -2.40. The summed E-state index contributed by atoms with van der Waals surface area (Å²) in [5, 5.41) is 2.65. The molecular formula is C10H17NO3S. The summed E-state index contributed by atoms with van der Waals surface area (Å²) in [6.07, 6.45) is 1.81. The van der Waals surface area contributed by atoms with Gasteiger partial charge in [0, 0.05) is 6.54 Å². The first-order chi connectivity index (χ1) is 6.81. The smallest absolute Gasteiger partial charge is 0.243 e. The third-order valence-electron chi connectivity index (χ3n) is 3.23. The van der Waals surface area contributed by atoms with Gasteiger partial charge in [0.05, 0.1) is 10.5 Å². The van der Waals surface area contributed by atoms with Crippen LogP contribution in [-0.2, 0) is 14.6 Å². The number of nitrogens with one attached hydrogen (secondary N) is 1. The van der Waals surface area contributed by atoms with Gasteiger partial charge in [0.1, 0.15) is 0 Å². The highest BCUT2D eigenvalue weighted by molar-refractivity contribution is 7.93. The second-order valence-electron chi connectivity index (χ2n) is 4.36. The second-order valence-corrected chi connectivity index (χ2v) is 7.05. The van der Waals surface area contributed by atoms with Gasteiger partial charge in [0.25, 0.3) is 0 Å². The molecule has 15 heavy (non-hydrogen) atoms. The van der Waals surface area contributed by atoms with Gasteiger partial charge in [-0.15, -0.1) is 0 Å². The minimum absolute atomic E-state index is 0.00796. The lowest BCUT2D eigenvalue weighted by molar-refractivity contribution is -0.116. The van der Waals surface area contributed by atoms with Crippen LogP contribution in [0, 0.1) is 5.92 Å². The van der Waals surface area contributed by atoms with Gasteiger partial charge in [-0.25, -0.2) is 8.42 Å². The normalized spacial score (nSPS) is 27.2. The van der Waals surface area contributed by atoms with Gasteiger partial charge in [-0.1, -0.05) is 6.58 Å². The van der Waals surface area contributed by atoms with Gasteiger partial charge in [0.2, 0.25) is 5.91 Å². The van der Waals surface area contributed by atoms with E-state index in [1.54, 1.807) is 13.8 Å². The molecule has 0 radical (unpaired) electrons. The molecule has 0 aromatic heterocycles. The summed E-state index contributed by atoms with van der Waals surface area (Å²) < 4.78 is 22.6. The summed E-state index contributed by atoms with van der Waals surface area (Å²) in [6.45, 7) is 7.18. The number of hydrogen-bond donors (Lipinski definition) is 1. The monoisotopic (exact) mass is 231 g/mol. The number of carbonyl (C=O) groups excluding carboxylic acids is 1. The van der Waals surface area contributed by atoms with Gasteiger partial charge in [-0.2, -0.15) is 0 Å². The molecule has 1 N–H and O–H groups in total. The lowest BCUT2D eigenvalue weighted by atomic mass is 9.93. The molecule has 4 nitrogen and oxygen atoms in total. The largest absolute Gasteiger partial charge is 0.352 e. The van der Waals surface area contributed by atoms with Crippen LogP contribution >= 0.6 is 0 Å². The Kier molecular flexibility index (Phi) is 3.23. The Balaban J connectivity index is 2.67. The highest BCUT2D eigenvalue weighted by Crippen LogP contribution is 2.36. The minimum Gasteiger partial charge on any atom is -0.352 e. The number of hydrogen-bond acceptors (Lipinski definition) is 3. The Bertz CT molecular complexity index is 370. The minimum atomic E-state index is -3.01. The summed E-state index contributed by atoms with van der Waals surface area (Å²) in [7, 11) is -3.01. The van der Waals surface area contributed by atoms with Gasteiger partial charge < -0.3 is 5.32 Å². The van der Waals surface area contributed by atoms with Crippen molar-refractivity contribution in [2.75, 3.05) is 12.3 Å². The molecule has 5 heteroatoms. The second kappa shape index (κ2) is 3.96. The highest BCUT2D eigenvalue weighted by atomic mass is 32.2. The first-order valence-corrected chi connectivity index (χ1v) is 6.59. The molecule has 1 amide bonds. The Morgan fingerprint density at radius 3 is 2.60 bits per heavy atom. The molecule has 1 heterocycles. The van der Waals surface area contributed by atoms with Crippen LogP contribution in [-0.4, -0.2) is 31.4 Å². The van der Waals surface area contributed by atoms with Crippen molar-refractivity contribution >= 4 is 15.7 Å². The fourth-order valence-electron chi connectivity index (χ4n) is 1.81. The SMILES string of the molecule is C=CC(=O)NCC1CCS(=O)(=O)C1(C)C. The van der Waals surface area contributed by atoms with Crippen LogP contribution in [0.2, 0.25) is 0 Å². The zero-order valence-corrected chi connectivity index (χ0v) is 9.93. The quantitative estimate of drug-likeness (QED) is 0.719. The molecule has 0 aromatic carbocycles. The summed E-state index contributed by atoms with van der Waals surface area (Å²) in [4.78, 5) is 11.0. The average Bonchev–Trinajstić information content (AvgIpc) is 2.35. The van der Waals surface area contributed by atoms with E-state index in [9.17, 15) is 13.2 Å². The summed E-state index contributed by atoms with van der Waals surface area (Å²) in [5.41, 5.74) is 0. The first-order valence-electron chi connectivity index (χ1n) is 4.94. The van der Waals surface area contributed by atoms with Crippen molar-refractivity contribution in [3.63, 3.8) is 0 Å². The van der Waals surface area contributed by atoms with Gasteiger partial charge in [-0.3, -0.25) is 4.79 Å². The topological polar surface area (TPSA) is 63.2 Å². The maximum Gasteiger partial charge on any atom is 0.243 e. The zero-order valence-electron chi connectivity index (χ0n) is 9.12. The van der Waals surface area contributed by atoms with Crippen molar-refractivity contribution in [1.82, 2.24) is 5.32 Å². The average molecular weight is 231 g/mol. The van der Waals surface area contributed by atoms with Crippen molar-refractivity contribution in [2.45, 2.75) is 25.0 Å². The molecule has 1 unspecified atom stereocenters. The molecule has 0 aromatic rings.